The molecule has 19 heavy (non-hydrogen) atoms. The van der Waals surface area contributed by atoms with Crippen LogP contribution < -0.4 is 5.32 Å². The number of hydrogen-bond acceptors (Lipinski definition) is 2. The molecule has 3 fully saturated rings. The number of hydrogen-bond donors (Lipinski definition) is 2. The van der Waals surface area contributed by atoms with Crippen LogP contribution in [0.5, 0.6) is 0 Å². The van der Waals surface area contributed by atoms with E-state index in [1.54, 1.807) is 0 Å². The number of nitrogens with one attached hydrogen (secondary N) is 1. The van der Waals surface area contributed by atoms with Crippen molar-refractivity contribution in [3.63, 3.8) is 0 Å². The summed E-state index contributed by atoms with van der Waals surface area (Å²) < 4.78 is 0. The third-order valence-corrected chi connectivity index (χ3v) is 6.70. The summed E-state index contributed by atoms with van der Waals surface area (Å²) in [5, 5.41) is 13.5. The van der Waals surface area contributed by atoms with E-state index in [4.69, 9.17) is 0 Å². The Morgan fingerprint density at radius 1 is 1.05 bits per heavy atom. The molecule has 3 atom stereocenters. The number of aliphatic hydroxyl groups excluding tert-OH is 1. The van der Waals surface area contributed by atoms with E-state index in [1.165, 1.54) is 38.6 Å². The van der Waals surface area contributed by atoms with Gasteiger partial charge in [-0.1, -0.05) is 20.8 Å². The average Bonchev–Trinajstić information content (AvgIpc) is 2.82. The molecular formula is C17H31NO. The van der Waals surface area contributed by atoms with Crippen LogP contribution in [-0.2, 0) is 0 Å². The topological polar surface area (TPSA) is 32.3 Å². The SMILES string of the molecule is CC12CCC(C1)C(C)(C)C2NCC1CCC(O)CC1. The van der Waals surface area contributed by atoms with Crippen molar-refractivity contribution >= 4 is 0 Å². The standard InChI is InChI=1S/C17H31NO/c1-16(2)13-8-9-17(3,10-13)15(16)18-11-12-4-6-14(19)7-5-12/h12-15,18-19H,4-11H2,1-3H3. The molecule has 0 radical (unpaired) electrons. The number of rotatable bonds is 3. The molecule has 0 aromatic rings. The fourth-order valence-electron chi connectivity index (χ4n) is 5.44. The zero-order valence-electron chi connectivity index (χ0n) is 12.9. The lowest BCUT2D eigenvalue weighted by Crippen LogP contribution is -2.51. The van der Waals surface area contributed by atoms with Gasteiger partial charge in [-0.3, -0.25) is 0 Å². The Hall–Kier alpha value is -0.0800. The van der Waals surface area contributed by atoms with Crippen molar-refractivity contribution in [3.8, 4) is 0 Å². The van der Waals surface area contributed by atoms with E-state index in [-0.39, 0.29) is 6.10 Å². The predicted octanol–water partition coefficient (Wildman–Crippen LogP) is 3.34. The molecule has 3 saturated carbocycles. The monoisotopic (exact) mass is 265 g/mol. The van der Waals surface area contributed by atoms with Gasteiger partial charge in [-0.05, 0) is 74.2 Å². The summed E-state index contributed by atoms with van der Waals surface area (Å²) in [7, 11) is 0. The van der Waals surface area contributed by atoms with Crippen LogP contribution >= 0.6 is 0 Å². The Morgan fingerprint density at radius 3 is 2.32 bits per heavy atom. The zero-order chi connectivity index (χ0) is 13.7. The normalized spacial score (nSPS) is 48.6. The minimum atomic E-state index is -0.0206. The molecule has 110 valence electrons. The smallest absolute Gasteiger partial charge is 0.0540 e. The molecule has 0 amide bonds. The summed E-state index contributed by atoms with van der Waals surface area (Å²) >= 11 is 0. The van der Waals surface area contributed by atoms with Gasteiger partial charge in [0.05, 0.1) is 6.10 Å². The predicted molar refractivity (Wildman–Crippen MR) is 79.0 cm³/mol. The van der Waals surface area contributed by atoms with E-state index in [1.807, 2.05) is 0 Å². The second-order valence-corrected chi connectivity index (χ2v) is 8.43. The minimum Gasteiger partial charge on any atom is -0.393 e. The van der Waals surface area contributed by atoms with Gasteiger partial charge >= 0.3 is 0 Å². The fraction of sp³-hybridized carbons (Fsp3) is 1.00. The van der Waals surface area contributed by atoms with E-state index in [9.17, 15) is 5.11 Å². The van der Waals surface area contributed by atoms with Crippen LogP contribution in [0, 0.1) is 22.7 Å². The molecule has 0 aromatic heterocycles. The Balaban J connectivity index is 1.58. The van der Waals surface area contributed by atoms with Crippen LogP contribution in [0.1, 0.15) is 65.7 Å². The first-order valence-electron chi connectivity index (χ1n) is 8.33. The van der Waals surface area contributed by atoms with Crippen LogP contribution in [0.2, 0.25) is 0 Å². The summed E-state index contributed by atoms with van der Waals surface area (Å²) in [5.41, 5.74) is 1.02. The minimum absolute atomic E-state index is 0.0206. The second kappa shape index (κ2) is 4.73. The van der Waals surface area contributed by atoms with E-state index in [0.717, 1.165) is 24.7 Å². The van der Waals surface area contributed by atoms with Gasteiger partial charge in [0.15, 0.2) is 0 Å². The Morgan fingerprint density at radius 2 is 1.74 bits per heavy atom. The third kappa shape index (κ3) is 2.35. The van der Waals surface area contributed by atoms with E-state index in [0.29, 0.717) is 16.9 Å². The maximum Gasteiger partial charge on any atom is 0.0540 e. The molecule has 2 heteroatoms. The van der Waals surface area contributed by atoms with Gasteiger partial charge in [0.1, 0.15) is 0 Å². The van der Waals surface area contributed by atoms with Gasteiger partial charge in [0, 0.05) is 6.04 Å². The van der Waals surface area contributed by atoms with Crippen LogP contribution in [0.3, 0.4) is 0 Å². The second-order valence-electron chi connectivity index (χ2n) is 8.43. The largest absolute Gasteiger partial charge is 0.393 e. The summed E-state index contributed by atoms with van der Waals surface area (Å²) in [6.45, 7) is 8.63. The van der Waals surface area contributed by atoms with Gasteiger partial charge in [-0.15, -0.1) is 0 Å². The summed E-state index contributed by atoms with van der Waals surface area (Å²) in [4.78, 5) is 0. The molecule has 0 heterocycles. The van der Waals surface area contributed by atoms with Crippen LogP contribution in [-0.4, -0.2) is 23.8 Å². The van der Waals surface area contributed by atoms with Gasteiger partial charge < -0.3 is 10.4 Å². The Kier molecular flexibility index (Phi) is 3.46. The molecule has 2 bridgehead atoms. The van der Waals surface area contributed by atoms with Crippen LogP contribution in [0.4, 0.5) is 0 Å². The van der Waals surface area contributed by atoms with E-state index >= 15 is 0 Å². The molecule has 3 aliphatic rings. The van der Waals surface area contributed by atoms with E-state index < -0.39 is 0 Å². The lowest BCUT2D eigenvalue weighted by molar-refractivity contribution is 0.0855. The summed E-state index contributed by atoms with van der Waals surface area (Å²) in [6.07, 6.45) is 8.72. The average molecular weight is 265 g/mol. The van der Waals surface area contributed by atoms with Crippen molar-refractivity contribution in [2.75, 3.05) is 6.54 Å². The molecule has 2 nitrogen and oxygen atoms in total. The highest BCUT2D eigenvalue weighted by Crippen LogP contribution is 2.62. The molecule has 2 N–H and O–H groups in total. The summed E-state index contributed by atoms with van der Waals surface area (Å²) in [6, 6.07) is 0.700. The molecular weight excluding hydrogens is 234 g/mol. The molecule has 0 aliphatic heterocycles. The first kappa shape index (κ1) is 13.9. The van der Waals surface area contributed by atoms with Crippen molar-refractivity contribution in [2.45, 2.75) is 77.9 Å². The highest BCUT2D eigenvalue weighted by atomic mass is 16.3. The number of fused-ring (bicyclic) bond motifs is 2. The lowest BCUT2D eigenvalue weighted by atomic mass is 9.68. The fourth-order valence-corrected chi connectivity index (χ4v) is 5.44. The summed E-state index contributed by atoms with van der Waals surface area (Å²) in [5.74, 6) is 1.73. The lowest BCUT2D eigenvalue weighted by Gasteiger charge is -2.44. The maximum absolute atomic E-state index is 9.60. The Labute approximate surface area is 118 Å². The van der Waals surface area contributed by atoms with Crippen molar-refractivity contribution in [2.24, 2.45) is 22.7 Å². The first-order valence-corrected chi connectivity index (χ1v) is 8.33. The van der Waals surface area contributed by atoms with Gasteiger partial charge in [0.25, 0.3) is 0 Å². The third-order valence-electron chi connectivity index (χ3n) is 6.70. The van der Waals surface area contributed by atoms with Crippen molar-refractivity contribution in [1.82, 2.24) is 5.32 Å². The van der Waals surface area contributed by atoms with Crippen LogP contribution in [0.15, 0.2) is 0 Å². The number of aliphatic hydroxyl groups is 1. The zero-order valence-corrected chi connectivity index (χ0v) is 12.9. The van der Waals surface area contributed by atoms with Crippen molar-refractivity contribution in [1.29, 1.82) is 0 Å². The molecule has 0 spiro atoms. The van der Waals surface area contributed by atoms with Gasteiger partial charge in [-0.25, -0.2) is 0 Å². The molecule has 0 saturated heterocycles. The molecule has 3 aliphatic carbocycles. The quantitative estimate of drug-likeness (QED) is 0.820. The molecule has 3 unspecified atom stereocenters. The Bertz CT molecular complexity index is 327. The van der Waals surface area contributed by atoms with Gasteiger partial charge in [0.2, 0.25) is 0 Å². The van der Waals surface area contributed by atoms with Crippen LogP contribution in [0.25, 0.3) is 0 Å². The maximum atomic E-state index is 9.60. The van der Waals surface area contributed by atoms with Gasteiger partial charge in [-0.2, -0.15) is 0 Å². The molecule has 3 rings (SSSR count). The molecule has 0 aromatic carbocycles. The van der Waals surface area contributed by atoms with Crippen molar-refractivity contribution in [3.05, 3.63) is 0 Å². The van der Waals surface area contributed by atoms with Crippen molar-refractivity contribution < 1.29 is 5.11 Å². The first-order chi connectivity index (χ1) is 8.92. The highest BCUT2D eigenvalue weighted by Gasteiger charge is 2.58. The highest BCUT2D eigenvalue weighted by molar-refractivity contribution is 5.12. The van der Waals surface area contributed by atoms with E-state index in [2.05, 4.69) is 26.1 Å².